The van der Waals surface area contributed by atoms with Gasteiger partial charge >= 0.3 is 0 Å². The van der Waals surface area contributed by atoms with E-state index in [1.165, 1.54) is 6.07 Å². The Balaban J connectivity index is 3.09. The average Bonchev–Trinajstić information content (AvgIpc) is 2.01. The Kier molecular flexibility index (Phi) is 3.60. The van der Waals surface area contributed by atoms with Crippen LogP contribution in [0, 0.1) is 5.82 Å². The van der Waals surface area contributed by atoms with Crippen LogP contribution in [0.4, 0.5) is 4.39 Å². The van der Waals surface area contributed by atoms with Crippen LogP contribution in [0.1, 0.15) is 13.8 Å². The van der Waals surface area contributed by atoms with Gasteiger partial charge in [-0.05, 0) is 26.0 Å². The van der Waals surface area contributed by atoms with Crippen molar-refractivity contribution in [1.29, 1.82) is 0 Å². The van der Waals surface area contributed by atoms with Crippen molar-refractivity contribution in [3.63, 3.8) is 0 Å². The molecular weight excluding hydrogens is 207 g/mol. The molecule has 0 amide bonds. The molecule has 1 N–H and O–H groups in total. The topological polar surface area (TPSA) is 46.5 Å². The van der Waals surface area contributed by atoms with Gasteiger partial charge < -0.3 is 9.29 Å². The third-order valence-corrected chi connectivity index (χ3v) is 2.17. The summed E-state index contributed by atoms with van der Waals surface area (Å²) in [6.45, 7) is 3.52. The zero-order valence-corrected chi connectivity index (χ0v) is 8.68. The van der Waals surface area contributed by atoms with E-state index in [4.69, 9.17) is 9.29 Å². The molecule has 1 rings (SSSR count). The Bertz CT molecular complexity index is 352. The Hall–Kier alpha value is -0.940. The summed E-state index contributed by atoms with van der Waals surface area (Å²) in [5.74, 6) is -0.379. The Morgan fingerprint density at radius 1 is 1.50 bits per heavy atom. The van der Waals surface area contributed by atoms with Crippen LogP contribution in [0.15, 0.2) is 23.1 Å². The third kappa shape index (κ3) is 2.78. The minimum atomic E-state index is -2.16. The maximum atomic E-state index is 12.8. The minimum Gasteiger partial charge on any atom is -0.490 e. The lowest BCUT2D eigenvalue weighted by Gasteiger charge is -2.12. The quantitative estimate of drug-likeness (QED) is 0.791. The molecule has 0 bridgehead atoms. The van der Waals surface area contributed by atoms with Crippen molar-refractivity contribution in [2.75, 3.05) is 0 Å². The molecule has 1 atom stereocenters. The summed E-state index contributed by atoms with van der Waals surface area (Å²) in [4.78, 5) is 0.0834. The van der Waals surface area contributed by atoms with E-state index in [2.05, 4.69) is 0 Å². The van der Waals surface area contributed by atoms with Gasteiger partial charge in [-0.1, -0.05) is 0 Å². The second kappa shape index (κ2) is 4.52. The standard InChI is InChI=1S/C9H11FO3S/c1-6(2)13-8-5-7(10)3-4-9(8)14(11)12/h3-6H,1-2H3,(H,11,12). The highest BCUT2D eigenvalue weighted by atomic mass is 32.2. The highest BCUT2D eigenvalue weighted by Crippen LogP contribution is 2.23. The van der Waals surface area contributed by atoms with E-state index in [0.29, 0.717) is 0 Å². The fourth-order valence-corrected chi connectivity index (χ4v) is 1.44. The number of halogens is 1. The predicted molar refractivity (Wildman–Crippen MR) is 51.2 cm³/mol. The first-order chi connectivity index (χ1) is 6.50. The van der Waals surface area contributed by atoms with Crippen LogP contribution in [0.5, 0.6) is 5.75 Å². The molecule has 14 heavy (non-hydrogen) atoms. The summed E-state index contributed by atoms with van der Waals surface area (Å²) < 4.78 is 37.7. The summed E-state index contributed by atoms with van der Waals surface area (Å²) in [5.41, 5.74) is 0. The average molecular weight is 218 g/mol. The van der Waals surface area contributed by atoms with Crippen molar-refractivity contribution >= 4 is 11.1 Å². The molecule has 0 radical (unpaired) electrons. The molecule has 0 heterocycles. The van der Waals surface area contributed by atoms with Crippen molar-refractivity contribution in [3.8, 4) is 5.75 Å². The number of ether oxygens (including phenoxy) is 1. The molecule has 3 nitrogen and oxygen atoms in total. The van der Waals surface area contributed by atoms with E-state index < -0.39 is 16.9 Å². The van der Waals surface area contributed by atoms with Gasteiger partial charge in [-0.25, -0.2) is 8.60 Å². The molecular formula is C9H11FO3S. The first-order valence-corrected chi connectivity index (χ1v) is 5.18. The highest BCUT2D eigenvalue weighted by molar-refractivity contribution is 7.79. The molecule has 5 heteroatoms. The van der Waals surface area contributed by atoms with Gasteiger partial charge in [0.15, 0.2) is 11.1 Å². The van der Waals surface area contributed by atoms with Crippen molar-refractivity contribution in [2.45, 2.75) is 24.8 Å². The smallest absolute Gasteiger partial charge is 0.190 e. The van der Waals surface area contributed by atoms with Gasteiger partial charge in [0.25, 0.3) is 0 Å². The van der Waals surface area contributed by atoms with Gasteiger partial charge in [-0.2, -0.15) is 0 Å². The van der Waals surface area contributed by atoms with Crippen LogP contribution in [0.2, 0.25) is 0 Å². The van der Waals surface area contributed by atoms with E-state index in [1.807, 2.05) is 0 Å². The van der Waals surface area contributed by atoms with E-state index in [9.17, 15) is 8.60 Å². The maximum absolute atomic E-state index is 12.8. The van der Waals surface area contributed by atoms with Crippen LogP contribution >= 0.6 is 0 Å². The number of hydrogen-bond donors (Lipinski definition) is 1. The lowest BCUT2D eigenvalue weighted by molar-refractivity contribution is 0.235. The number of rotatable bonds is 3. The molecule has 0 aliphatic carbocycles. The van der Waals surface area contributed by atoms with Crippen molar-refractivity contribution in [1.82, 2.24) is 0 Å². The summed E-state index contributed by atoms with van der Waals surface area (Å²) >= 11 is -2.16. The first kappa shape index (κ1) is 11.1. The van der Waals surface area contributed by atoms with Crippen molar-refractivity contribution in [3.05, 3.63) is 24.0 Å². The third-order valence-electron chi connectivity index (χ3n) is 1.46. The Morgan fingerprint density at radius 2 is 2.14 bits per heavy atom. The van der Waals surface area contributed by atoms with Crippen LogP contribution in [-0.4, -0.2) is 14.9 Å². The van der Waals surface area contributed by atoms with E-state index in [-0.39, 0.29) is 16.7 Å². The molecule has 1 unspecified atom stereocenters. The van der Waals surface area contributed by atoms with Crippen molar-refractivity contribution < 1.29 is 17.9 Å². The lowest BCUT2D eigenvalue weighted by Crippen LogP contribution is -2.08. The first-order valence-electron chi connectivity index (χ1n) is 4.07. The van der Waals surface area contributed by atoms with Gasteiger partial charge in [0, 0.05) is 6.07 Å². The molecule has 0 fully saturated rings. The summed E-state index contributed by atoms with van der Waals surface area (Å²) in [5, 5.41) is 0. The van der Waals surface area contributed by atoms with Gasteiger partial charge in [0.1, 0.15) is 16.5 Å². The molecule has 1 aromatic carbocycles. The monoisotopic (exact) mass is 218 g/mol. The van der Waals surface area contributed by atoms with Gasteiger partial charge in [0.05, 0.1) is 6.10 Å². The second-order valence-electron chi connectivity index (χ2n) is 3.01. The number of hydrogen-bond acceptors (Lipinski definition) is 2. The molecule has 0 aliphatic heterocycles. The molecule has 0 aliphatic rings. The molecule has 78 valence electrons. The predicted octanol–water partition coefficient (Wildman–Crippen LogP) is 2.19. The SMILES string of the molecule is CC(C)Oc1cc(F)ccc1S(=O)O. The Morgan fingerprint density at radius 3 is 2.64 bits per heavy atom. The molecule has 0 saturated heterocycles. The highest BCUT2D eigenvalue weighted by Gasteiger charge is 2.11. The fourth-order valence-electron chi connectivity index (χ4n) is 0.972. The fraction of sp³-hybridized carbons (Fsp3) is 0.333. The largest absolute Gasteiger partial charge is 0.490 e. The van der Waals surface area contributed by atoms with E-state index in [1.54, 1.807) is 13.8 Å². The van der Waals surface area contributed by atoms with Crippen LogP contribution in [0.25, 0.3) is 0 Å². The summed E-state index contributed by atoms with van der Waals surface area (Å²) in [6, 6.07) is 3.46. The molecule has 1 aromatic rings. The number of benzene rings is 1. The van der Waals surface area contributed by atoms with Gasteiger partial charge in [-0.15, -0.1) is 0 Å². The molecule has 0 saturated carbocycles. The second-order valence-corrected chi connectivity index (χ2v) is 3.94. The lowest BCUT2D eigenvalue weighted by atomic mass is 10.3. The van der Waals surface area contributed by atoms with Crippen LogP contribution in [0.3, 0.4) is 0 Å². The van der Waals surface area contributed by atoms with Crippen LogP contribution < -0.4 is 4.74 Å². The normalized spacial score (nSPS) is 12.9. The minimum absolute atomic E-state index is 0.0834. The maximum Gasteiger partial charge on any atom is 0.190 e. The van der Waals surface area contributed by atoms with Gasteiger partial charge in [-0.3, -0.25) is 0 Å². The summed E-state index contributed by atoms with van der Waals surface area (Å²) in [6.07, 6.45) is -0.168. The van der Waals surface area contributed by atoms with Gasteiger partial charge in [0.2, 0.25) is 0 Å². The van der Waals surface area contributed by atoms with Crippen molar-refractivity contribution in [2.24, 2.45) is 0 Å². The summed E-state index contributed by atoms with van der Waals surface area (Å²) in [7, 11) is 0. The van der Waals surface area contributed by atoms with Crippen LogP contribution in [-0.2, 0) is 11.1 Å². The Labute approximate surface area is 84.2 Å². The zero-order valence-electron chi connectivity index (χ0n) is 7.86. The molecule has 0 spiro atoms. The zero-order chi connectivity index (χ0) is 10.7. The molecule has 0 aromatic heterocycles. The van der Waals surface area contributed by atoms with E-state index in [0.717, 1.165) is 12.1 Å². The van der Waals surface area contributed by atoms with E-state index >= 15 is 0 Å².